The molecule has 4 N–H and O–H groups in total. The molecule has 142 valence electrons. The summed E-state index contributed by atoms with van der Waals surface area (Å²) in [5.74, 6) is -1.12. The largest absolute Gasteiger partial charge is 0.478 e. The van der Waals surface area contributed by atoms with E-state index in [-0.39, 0.29) is 23.4 Å². The summed E-state index contributed by atoms with van der Waals surface area (Å²) in [6.07, 6.45) is 0. The Kier molecular flexibility index (Phi) is 6.93. The second-order valence-electron chi connectivity index (χ2n) is 6.38. The lowest BCUT2D eigenvalue weighted by molar-refractivity contribution is -0.118. The van der Waals surface area contributed by atoms with Crippen molar-refractivity contribution in [1.82, 2.24) is 10.6 Å². The van der Waals surface area contributed by atoms with Gasteiger partial charge >= 0.3 is 12.0 Å². The van der Waals surface area contributed by atoms with Gasteiger partial charge in [0, 0.05) is 24.7 Å². The molecule has 0 aromatic heterocycles. The quantitative estimate of drug-likeness (QED) is 0.602. The molecule has 0 aliphatic carbocycles. The number of aromatic carboxylic acids is 1. The van der Waals surface area contributed by atoms with Gasteiger partial charge in [-0.1, -0.05) is 38.1 Å². The van der Waals surface area contributed by atoms with Crippen LogP contribution >= 0.6 is 0 Å². The molecule has 0 bridgehead atoms. The van der Waals surface area contributed by atoms with Crippen molar-refractivity contribution in [2.75, 3.05) is 5.32 Å². The molecule has 0 unspecified atom stereocenters. The van der Waals surface area contributed by atoms with Crippen molar-refractivity contribution < 1.29 is 19.5 Å². The summed E-state index contributed by atoms with van der Waals surface area (Å²) in [6.45, 7) is 4.30. The highest BCUT2D eigenvalue weighted by atomic mass is 16.4. The standard InChI is InChI=1S/C20H23N3O4/c1-13(2)18(24)23-17-9-5-15(6-10-17)12-22-20(27)21-11-14-3-7-16(8-4-14)19(25)26/h3-10,13H,11-12H2,1-2H3,(H,23,24)(H,25,26)(H2,21,22,27). The minimum Gasteiger partial charge on any atom is -0.478 e. The average molecular weight is 369 g/mol. The Bertz CT molecular complexity index is 799. The summed E-state index contributed by atoms with van der Waals surface area (Å²) < 4.78 is 0. The van der Waals surface area contributed by atoms with Crippen LogP contribution in [0.5, 0.6) is 0 Å². The van der Waals surface area contributed by atoms with Gasteiger partial charge in [-0.05, 0) is 35.4 Å². The lowest BCUT2D eigenvalue weighted by Crippen LogP contribution is -2.34. The molecule has 2 aromatic rings. The predicted molar refractivity (Wildman–Crippen MR) is 102 cm³/mol. The Balaban J connectivity index is 1.76. The zero-order valence-electron chi connectivity index (χ0n) is 15.3. The third-order valence-corrected chi connectivity index (χ3v) is 3.85. The van der Waals surface area contributed by atoms with E-state index in [0.717, 1.165) is 11.1 Å². The molecule has 2 rings (SSSR count). The van der Waals surface area contributed by atoms with E-state index in [2.05, 4.69) is 16.0 Å². The second kappa shape index (κ2) is 9.38. The third-order valence-electron chi connectivity index (χ3n) is 3.85. The Morgan fingerprint density at radius 1 is 0.852 bits per heavy atom. The zero-order valence-corrected chi connectivity index (χ0v) is 15.3. The first-order chi connectivity index (χ1) is 12.8. The number of amides is 3. The molecular formula is C20H23N3O4. The predicted octanol–water partition coefficient (Wildman–Crippen LogP) is 2.98. The van der Waals surface area contributed by atoms with E-state index in [1.165, 1.54) is 12.1 Å². The van der Waals surface area contributed by atoms with Crippen molar-refractivity contribution >= 4 is 23.6 Å². The number of hydrogen-bond donors (Lipinski definition) is 4. The molecule has 0 aliphatic rings. The van der Waals surface area contributed by atoms with Crippen LogP contribution in [0.15, 0.2) is 48.5 Å². The van der Waals surface area contributed by atoms with E-state index in [0.29, 0.717) is 18.8 Å². The monoisotopic (exact) mass is 369 g/mol. The topological polar surface area (TPSA) is 108 Å². The number of carbonyl (C=O) groups excluding carboxylic acids is 2. The molecule has 0 spiro atoms. The fourth-order valence-corrected chi connectivity index (χ4v) is 2.18. The van der Waals surface area contributed by atoms with Gasteiger partial charge in [-0.2, -0.15) is 0 Å². The fourth-order valence-electron chi connectivity index (χ4n) is 2.18. The Morgan fingerprint density at radius 3 is 1.78 bits per heavy atom. The van der Waals surface area contributed by atoms with Crippen molar-refractivity contribution in [1.29, 1.82) is 0 Å². The van der Waals surface area contributed by atoms with E-state index in [1.54, 1.807) is 24.3 Å². The van der Waals surface area contributed by atoms with Gasteiger partial charge in [0.15, 0.2) is 0 Å². The van der Waals surface area contributed by atoms with Gasteiger partial charge in [0.2, 0.25) is 5.91 Å². The summed E-state index contributed by atoms with van der Waals surface area (Å²) in [7, 11) is 0. The summed E-state index contributed by atoms with van der Waals surface area (Å²) >= 11 is 0. The van der Waals surface area contributed by atoms with Gasteiger partial charge in [0.1, 0.15) is 0 Å². The molecule has 0 atom stereocenters. The first kappa shape index (κ1) is 20.0. The first-order valence-electron chi connectivity index (χ1n) is 8.59. The van der Waals surface area contributed by atoms with Crippen molar-refractivity contribution in [3.05, 3.63) is 65.2 Å². The van der Waals surface area contributed by atoms with Crippen molar-refractivity contribution in [2.24, 2.45) is 5.92 Å². The minimum absolute atomic E-state index is 0.0448. The number of carboxylic acid groups (broad SMARTS) is 1. The molecular weight excluding hydrogens is 346 g/mol. The summed E-state index contributed by atoms with van der Waals surface area (Å²) in [6, 6.07) is 13.2. The molecule has 0 saturated carbocycles. The normalized spacial score (nSPS) is 10.3. The van der Waals surface area contributed by atoms with E-state index in [9.17, 15) is 14.4 Å². The van der Waals surface area contributed by atoms with Crippen LogP contribution < -0.4 is 16.0 Å². The molecule has 27 heavy (non-hydrogen) atoms. The van der Waals surface area contributed by atoms with Crippen LogP contribution in [0, 0.1) is 5.92 Å². The van der Waals surface area contributed by atoms with E-state index in [4.69, 9.17) is 5.11 Å². The number of carboxylic acids is 1. The highest BCUT2D eigenvalue weighted by molar-refractivity contribution is 5.92. The van der Waals surface area contributed by atoms with Gasteiger partial charge in [-0.25, -0.2) is 9.59 Å². The molecule has 7 nitrogen and oxygen atoms in total. The summed E-state index contributed by atoms with van der Waals surface area (Å²) in [5.41, 5.74) is 2.63. The zero-order chi connectivity index (χ0) is 19.8. The SMILES string of the molecule is CC(C)C(=O)Nc1ccc(CNC(=O)NCc2ccc(C(=O)O)cc2)cc1. The van der Waals surface area contributed by atoms with E-state index >= 15 is 0 Å². The smallest absolute Gasteiger partial charge is 0.335 e. The number of urea groups is 1. The molecule has 7 heteroatoms. The number of hydrogen-bond acceptors (Lipinski definition) is 3. The van der Waals surface area contributed by atoms with Crippen molar-refractivity contribution in [3.63, 3.8) is 0 Å². The molecule has 0 aliphatic heterocycles. The second-order valence-corrected chi connectivity index (χ2v) is 6.38. The van der Waals surface area contributed by atoms with Gasteiger partial charge in [0.05, 0.1) is 5.56 Å². The maximum Gasteiger partial charge on any atom is 0.335 e. The van der Waals surface area contributed by atoms with Gasteiger partial charge < -0.3 is 21.1 Å². The maximum absolute atomic E-state index is 11.9. The Hall–Kier alpha value is -3.35. The first-order valence-corrected chi connectivity index (χ1v) is 8.59. The lowest BCUT2D eigenvalue weighted by Gasteiger charge is -2.10. The molecule has 2 aromatic carbocycles. The van der Waals surface area contributed by atoms with Crippen molar-refractivity contribution in [3.8, 4) is 0 Å². The van der Waals surface area contributed by atoms with Gasteiger partial charge in [-0.15, -0.1) is 0 Å². The van der Waals surface area contributed by atoms with Gasteiger partial charge in [0.25, 0.3) is 0 Å². The van der Waals surface area contributed by atoms with E-state index < -0.39 is 5.97 Å². The number of anilines is 1. The van der Waals surface area contributed by atoms with Crippen molar-refractivity contribution in [2.45, 2.75) is 26.9 Å². The molecule has 0 radical (unpaired) electrons. The summed E-state index contributed by atoms with van der Waals surface area (Å²) in [5, 5.41) is 17.1. The Labute approximate surface area is 157 Å². The van der Waals surface area contributed by atoms with Crippen LogP contribution in [0.3, 0.4) is 0 Å². The van der Waals surface area contributed by atoms with Crippen LogP contribution in [0.2, 0.25) is 0 Å². The van der Waals surface area contributed by atoms with Gasteiger partial charge in [-0.3, -0.25) is 4.79 Å². The highest BCUT2D eigenvalue weighted by Crippen LogP contribution is 2.11. The fraction of sp³-hybridized carbons (Fsp3) is 0.250. The minimum atomic E-state index is -0.984. The molecule has 3 amide bonds. The number of benzene rings is 2. The molecule has 0 heterocycles. The molecule has 0 fully saturated rings. The number of rotatable bonds is 7. The highest BCUT2D eigenvalue weighted by Gasteiger charge is 2.07. The third kappa shape index (κ3) is 6.47. The van der Waals surface area contributed by atoms with Crippen LogP contribution in [-0.4, -0.2) is 23.0 Å². The van der Waals surface area contributed by atoms with E-state index in [1.807, 2.05) is 26.0 Å². The summed E-state index contributed by atoms with van der Waals surface area (Å²) in [4.78, 5) is 34.3. The maximum atomic E-state index is 11.9. The van der Waals surface area contributed by atoms with Crippen LogP contribution in [0.1, 0.15) is 35.3 Å². The van der Waals surface area contributed by atoms with Crippen LogP contribution in [-0.2, 0) is 17.9 Å². The number of nitrogens with one attached hydrogen (secondary N) is 3. The molecule has 0 saturated heterocycles. The lowest BCUT2D eigenvalue weighted by atomic mass is 10.1. The number of carbonyl (C=O) groups is 3. The average Bonchev–Trinajstić information content (AvgIpc) is 2.66. The van der Waals surface area contributed by atoms with Crippen LogP contribution in [0.4, 0.5) is 10.5 Å². The van der Waals surface area contributed by atoms with Crippen LogP contribution in [0.25, 0.3) is 0 Å². The Morgan fingerprint density at radius 2 is 1.33 bits per heavy atom.